The average Bonchev–Trinajstić information content (AvgIpc) is 3.22. The Bertz CT molecular complexity index is 1350. The summed E-state index contributed by atoms with van der Waals surface area (Å²) in [7, 11) is 5.21. The van der Waals surface area contributed by atoms with Crippen molar-refractivity contribution in [1.82, 2.24) is 14.9 Å². The summed E-state index contributed by atoms with van der Waals surface area (Å²) >= 11 is 6.66. The van der Waals surface area contributed by atoms with Gasteiger partial charge in [0, 0.05) is 30.7 Å². The van der Waals surface area contributed by atoms with Gasteiger partial charge >= 0.3 is 5.97 Å². The molecule has 2 aromatic carbocycles. The molecule has 2 aliphatic rings. The van der Waals surface area contributed by atoms with E-state index in [1.165, 1.54) is 18.2 Å². The number of methoxy groups -OCH3 is 2. The molecule has 0 fully saturated rings. The third-order valence-corrected chi connectivity index (χ3v) is 8.03. The second-order valence-corrected chi connectivity index (χ2v) is 10.5. The van der Waals surface area contributed by atoms with Crippen LogP contribution in [0.4, 0.5) is 23.1 Å². The van der Waals surface area contributed by atoms with Gasteiger partial charge in [0.2, 0.25) is 5.95 Å². The summed E-state index contributed by atoms with van der Waals surface area (Å²) in [6, 6.07) is 12.2. The summed E-state index contributed by atoms with van der Waals surface area (Å²) in [5.41, 5.74) is 4.88. The molecule has 8 nitrogen and oxygen atoms in total. The highest BCUT2D eigenvalue weighted by Gasteiger charge is 2.47. The van der Waals surface area contributed by atoms with Crippen LogP contribution in [-0.2, 0) is 27.9 Å². The molecule has 5 rings (SSSR count). The van der Waals surface area contributed by atoms with E-state index in [2.05, 4.69) is 52.3 Å². The highest BCUT2D eigenvalue weighted by Crippen LogP contribution is 2.49. The minimum atomic E-state index is -0.487. The van der Waals surface area contributed by atoms with Gasteiger partial charge in [0.25, 0.3) is 0 Å². The predicted molar refractivity (Wildman–Crippen MR) is 145 cm³/mol. The van der Waals surface area contributed by atoms with Crippen LogP contribution in [-0.4, -0.2) is 55.2 Å². The van der Waals surface area contributed by atoms with Gasteiger partial charge in [-0.15, -0.1) is 0 Å². The van der Waals surface area contributed by atoms with Crippen LogP contribution in [0.2, 0.25) is 5.02 Å². The van der Waals surface area contributed by atoms with Crippen LogP contribution in [0.25, 0.3) is 0 Å². The first-order valence-electron chi connectivity index (χ1n) is 12.4. The van der Waals surface area contributed by atoms with Crippen molar-refractivity contribution in [3.05, 3.63) is 64.3 Å². The van der Waals surface area contributed by atoms with Gasteiger partial charge in [-0.25, -0.2) is 4.98 Å². The molecule has 194 valence electrons. The van der Waals surface area contributed by atoms with Crippen molar-refractivity contribution in [1.29, 1.82) is 0 Å². The number of halogens is 1. The summed E-state index contributed by atoms with van der Waals surface area (Å²) in [4.78, 5) is 26.2. The first-order valence-corrected chi connectivity index (χ1v) is 12.8. The molecule has 3 aromatic rings. The molecule has 2 atom stereocenters. The molecule has 0 aliphatic carbocycles. The molecule has 0 radical (unpaired) electrons. The number of hydrogen-bond acceptors (Lipinski definition) is 8. The quantitative estimate of drug-likeness (QED) is 0.449. The van der Waals surface area contributed by atoms with Crippen molar-refractivity contribution >= 4 is 40.7 Å². The number of nitrogens with zero attached hydrogens (tertiary/aromatic N) is 4. The maximum Gasteiger partial charge on any atom is 0.309 e. The minimum Gasteiger partial charge on any atom is -0.495 e. The Kier molecular flexibility index (Phi) is 6.72. The molecule has 0 spiro atoms. The SMILES string of the molecule is COC(=O)[C@@H](C)C1(C)CN(c2nc(Nc3cc4c(cc3OC)CCN(C)C4)ncc2Cl)c2ccccc21. The second kappa shape index (κ2) is 9.84. The van der Waals surface area contributed by atoms with Crippen LogP contribution in [0.3, 0.4) is 0 Å². The number of carbonyl (C=O) groups excluding carboxylic acids is 1. The largest absolute Gasteiger partial charge is 0.495 e. The Morgan fingerprint density at radius 1 is 1.22 bits per heavy atom. The van der Waals surface area contributed by atoms with E-state index in [-0.39, 0.29) is 11.9 Å². The zero-order chi connectivity index (χ0) is 26.3. The lowest BCUT2D eigenvalue weighted by Crippen LogP contribution is -2.39. The van der Waals surface area contributed by atoms with Crippen LogP contribution in [0.1, 0.15) is 30.5 Å². The smallest absolute Gasteiger partial charge is 0.309 e. The Morgan fingerprint density at radius 3 is 2.76 bits per heavy atom. The number of benzene rings is 2. The third kappa shape index (κ3) is 4.49. The number of fused-ring (bicyclic) bond motifs is 2. The van der Waals surface area contributed by atoms with E-state index in [4.69, 9.17) is 26.1 Å². The van der Waals surface area contributed by atoms with Crippen molar-refractivity contribution in [2.75, 3.05) is 44.6 Å². The van der Waals surface area contributed by atoms with E-state index >= 15 is 0 Å². The van der Waals surface area contributed by atoms with E-state index in [0.29, 0.717) is 23.3 Å². The lowest BCUT2D eigenvalue weighted by molar-refractivity contribution is -0.147. The summed E-state index contributed by atoms with van der Waals surface area (Å²) in [6.45, 7) is 6.41. The van der Waals surface area contributed by atoms with E-state index in [9.17, 15) is 4.79 Å². The Labute approximate surface area is 222 Å². The third-order valence-electron chi connectivity index (χ3n) is 7.76. The number of rotatable bonds is 6. The fourth-order valence-electron chi connectivity index (χ4n) is 5.41. The maximum atomic E-state index is 12.5. The number of likely N-dealkylation sites (N-methyl/N-ethyl adjacent to an activating group) is 1. The monoisotopic (exact) mass is 521 g/mol. The number of esters is 1. The fraction of sp³-hybridized carbons (Fsp3) is 0.393. The van der Waals surface area contributed by atoms with Crippen molar-refractivity contribution in [2.45, 2.75) is 32.2 Å². The van der Waals surface area contributed by atoms with Gasteiger partial charge in [-0.3, -0.25) is 4.79 Å². The van der Waals surface area contributed by atoms with E-state index in [0.717, 1.165) is 42.2 Å². The number of ether oxygens (including phenoxy) is 2. The summed E-state index contributed by atoms with van der Waals surface area (Å²) < 4.78 is 10.8. The summed E-state index contributed by atoms with van der Waals surface area (Å²) in [6.07, 6.45) is 2.59. The van der Waals surface area contributed by atoms with Gasteiger partial charge in [0.1, 0.15) is 10.8 Å². The molecule has 0 amide bonds. The van der Waals surface area contributed by atoms with Crippen LogP contribution >= 0.6 is 11.6 Å². The van der Waals surface area contributed by atoms with E-state index in [1.807, 2.05) is 25.1 Å². The summed E-state index contributed by atoms with van der Waals surface area (Å²) in [5, 5.41) is 3.77. The Balaban J connectivity index is 1.51. The van der Waals surface area contributed by atoms with Crippen molar-refractivity contribution < 1.29 is 14.3 Å². The Morgan fingerprint density at radius 2 is 2.00 bits per heavy atom. The molecule has 1 aromatic heterocycles. The number of aromatic nitrogens is 2. The van der Waals surface area contributed by atoms with E-state index < -0.39 is 5.41 Å². The predicted octanol–water partition coefficient (Wildman–Crippen LogP) is 5.09. The Hall–Kier alpha value is -3.36. The van der Waals surface area contributed by atoms with Gasteiger partial charge in [-0.2, -0.15) is 4.98 Å². The first kappa shape index (κ1) is 25.3. The summed E-state index contributed by atoms with van der Waals surface area (Å²) in [5.74, 6) is 1.12. The van der Waals surface area contributed by atoms with E-state index in [1.54, 1.807) is 13.3 Å². The molecule has 9 heteroatoms. The second-order valence-electron chi connectivity index (χ2n) is 10.1. The zero-order valence-electron chi connectivity index (χ0n) is 21.8. The first-order chi connectivity index (χ1) is 17.7. The topological polar surface area (TPSA) is 79.8 Å². The molecule has 1 N–H and O–H groups in total. The lowest BCUT2D eigenvalue weighted by atomic mass is 9.74. The minimum absolute atomic E-state index is 0.250. The fourth-order valence-corrected chi connectivity index (χ4v) is 5.60. The number of nitrogens with one attached hydrogen (secondary N) is 1. The van der Waals surface area contributed by atoms with Crippen LogP contribution < -0.4 is 15.0 Å². The van der Waals surface area contributed by atoms with Gasteiger partial charge in [0.05, 0.1) is 32.0 Å². The average molecular weight is 522 g/mol. The number of carbonyl (C=O) groups is 1. The van der Waals surface area contributed by atoms with Gasteiger partial charge in [-0.05, 0) is 48.4 Å². The van der Waals surface area contributed by atoms with Crippen LogP contribution in [0.15, 0.2) is 42.6 Å². The molecule has 37 heavy (non-hydrogen) atoms. The molecule has 0 saturated carbocycles. The highest BCUT2D eigenvalue weighted by atomic mass is 35.5. The zero-order valence-corrected chi connectivity index (χ0v) is 22.6. The molecule has 1 unspecified atom stereocenters. The number of hydrogen-bond donors (Lipinski definition) is 1. The maximum absolute atomic E-state index is 12.5. The van der Waals surface area contributed by atoms with Gasteiger partial charge in [-0.1, -0.05) is 43.6 Å². The highest BCUT2D eigenvalue weighted by molar-refractivity contribution is 6.33. The van der Waals surface area contributed by atoms with Crippen molar-refractivity contribution in [3.63, 3.8) is 0 Å². The normalized spacial score (nSPS) is 19.7. The van der Waals surface area contributed by atoms with Gasteiger partial charge in [0.15, 0.2) is 5.82 Å². The number of anilines is 4. The molecule has 0 saturated heterocycles. The molecule has 2 aliphatic heterocycles. The van der Waals surface area contributed by atoms with Crippen LogP contribution in [0, 0.1) is 5.92 Å². The molecule has 0 bridgehead atoms. The molecular weight excluding hydrogens is 490 g/mol. The van der Waals surface area contributed by atoms with Crippen molar-refractivity contribution in [3.8, 4) is 5.75 Å². The molecule has 3 heterocycles. The van der Waals surface area contributed by atoms with Gasteiger partial charge < -0.3 is 24.6 Å². The van der Waals surface area contributed by atoms with Crippen molar-refractivity contribution in [2.24, 2.45) is 5.92 Å². The number of para-hydroxylation sites is 1. The molecular formula is C28H32ClN5O3. The lowest BCUT2D eigenvalue weighted by Gasteiger charge is -2.31. The standard InChI is InChI=1S/C28H32ClN5O3/c1-17(26(35)37-5)28(2)16-34(23-9-7-6-8-20(23)28)25-21(29)14-30-27(32-25)31-22-12-19-15-33(3)11-10-18(19)13-24(22)36-4/h6-9,12-14,17H,10-11,15-16H2,1-5H3,(H,30,31,32)/t17-,28?/m1/s1. The van der Waals surface area contributed by atoms with Crippen LogP contribution in [0.5, 0.6) is 5.75 Å².